The van der Waals surface area contributed by atoms with Crippen LogP contribution in [-0.2, 0) is 11.3 Å². The number of aromatic nitrogens is 1. The minimum Gasteiger partial charge on any atom is -0.481 e. The lowest BCUT2D eigenvalue weighted by molar-refractivity contribution is -0.137. The molecule has 1 aliphatic heterocycles. The number of rotatable bonds is 4. The third kappa shape index (κ3) is 2.68. The van der Waals surface area contributed by atoms with Gasteiger partial charge in [-0.15, -0.1) is 11.3 Å². The molecule has 0 saturated carbocycles. The molecule has 1 atom stereocenters. The Morgan fingerprint density at radius 3 is 3.00 bits per heavy atom. The van der Waals surface area contributed by atoms with Crippen molar-refractivity contribution in [1.29, 1.82) is 0 Å². The summed E-state index contributed by atoms with van der Waals surface area (Å²) in [6, 6.07) is -0.210. The van der Waals surface area contributed by atoms with Gasteiger partial charge in [-0.2, -0.15) is 0 Å². The summed E-state index contributed by atoms with van der Waals surface area (Å²) in [4.78, 5) is 28.7. The number of likely N-dealkylation sites (tertiary alicyclic amines) is 1. The molecule has 18 heavy (non-hydrogen) atoms. The molecule has 0 spiro atoms. The molecule has 98 valence electrons. The van der Waals surface area contributed by atoms with Gasteiger partial charge in [0.2, 0.25) is 0 Å². The van der Waals surface area contributed by atoms with E-state index >= 15 is 0 Å². The first kappa shape index (κ1) is 13.0. The number of hydrogen-bond donors (Lipinski definition) is 2. The molecule has 1 amide bonds. The largest absolute Gasteiger partial charge is 0.481 e. The normalized spacial score (nSPS) is 19.2. The van der Waals surface area contributed by atoms with Crippen LogP contribution in [0.4, 0.5) is 0 Å². The standard InChI is InChI=1S/C11H15N3O3S/c12-5-9-13-8(6-18-9)11(17)14-3-1-2-7(14)4-10(15)16/h6-7H,1-5,12H2,(H,15,16). The summed E-state index contributed by atoms with van der Waals surface area (Å²) in [6.45, 7) is 0.919. The zero-order chi connectivity index (χ0) is 13.1. The highest BCUT2D eigenvalue weighted by Gasteiger charge is 2.31. The molecule has 2 rings (SSSR count). The number of nitrogens with zero attached hydrogens (tertiary/aromatic N) is 2. The predicted molar refractivity (Wildman–Crippen MR) is 66.3 cm³/mol. The molecule has 1 fully saturated rings. The topological polar surface area (TPSA) is 96.5 Å². The van der Waals surface area contributed by atoms with Crippen molar-refractivity contribution >= 4 is 23.2 Å². The van der Waals surface area contributed by atoms with Gasteiger partial charge in [0, 0.05) is 24.5 Å². The van der Waals surface area contributed by atoms with Gasteiger partial charge in [0.05, 0.1) is 6.42 Å². The van der Waals surface area contributed by atoms with Crippen LogP contribution in [-0.4, -0.2) is 39.5 Å². The van der Waals surface area contributed by atoms with Crippen LogP contribution in [0.1, 0.15) is 34.8 Å². The summed E-state index contributed by atoms with van der Waals surface area (Å²) >= 11 is 1.35. The summed E-state index contributed by atoms with van der Waals surface area (Å²) in [5.41, 5.74) is 5.83. The number of amides is 1. The maximum absolute atomic E-state index is 12.2. The minimum absolute atomic E-state index is 0.000374. The second-order valence-electron chi connectivity index (χ2n) is 4.22. The number of carboxylic acids is 1. The SMILES string of the molecule is NCc1nc(C(=O)N2CCCC2CC(=O)O)cs1. The molecule has 0 radical (unpaired) electrons. The summed E-state index contributed by atoms with van der Waals surface area (Å²) in [5, 5.41) is 11.2. The molecule has 0 aromatic carbocycles. The van der Waals surface area contributed by atoms with Crippen LogP contribution in [0.3, 0.4) is 0 Å². The first-order valence-corrected chi connectivity index (χ1v) is 6.67. The van der Waals surface area contributed by atoms with Gasteiger partial charge in [-0.1, -0.05) is 0 Å². The van der Waals surface area contributed by atoms with Crippen molar-refractivity contribution in [2.75, 3.05) is 6.54 Å². The van der Waals surface area contributed by atoms with Gasteiger partial charge in [-0.3, -0.25) is 9.59 Å². The molecule has 3 N–H and O–H groups in total. The zero-order valence-corrected chi connectivity index (χ0v) is 10.7. The van der Waals surface area contributed by atoms with E-state index in [2.05, 4.69) is 4.98 Å². The van der Waals surface area contributed by atoms with Crippen molar-refractivity contribution in [2.45, 2.75) is 31.8 Å². The predicted octanol–water partition coefficient (Wildman–Crippen LogP) is 0.681. The highest BCUT2D eigenvalue weighted by molar-refractivity contribution is 7.09. The van der Waals surface area contributed by atoms with Crippen LogP contribution in [0.25, 0.3) is 0 Å². The maximum Gasteiger partial charge on any atom is 0.305 e. The van der Waals surface area contributed by atoms with Crippen LogP contribution in [0.2, 0.25) is 0 Å². The fourth-order valence-corrected chi connectivity index (χ4v) is 2.82. The first-order valence-electron chi connectivity index (χ1n) is 5.79. The fraction of sp³-hybridized carbons (Fsp3) is 0.545. The molecule has 7 heteroatoms. The Morgan fingerprint density at radius 1 is 1.61 bits per heavy atom. The lowest BCUT2D eigenvalue weighted by Crippen LogP contribution is -2.37. The molecule has 2 heterocycles. The number of carbonyl (C=O) groups is 2. The van der Waals surface area contributed by atoms with E-state index in [9.17, 15) is 9.59 Å². The number of carboxylic acid groups (broad SMARTS) is 1. The molecule has 1 unspecified atom stereocenters. The van der Waals surface area contributed by atoms with Crippen LogP contribution >= 0.6 is 11.3 Å². The fourth-order valence-electron chi connectivity index (χ4n) is 2.17. The molecule has 0 bridgehead atoms. The van der Waals surface area contributed by atoms with Gasteiger partial charge in [0.15, 0.2) is 0 Å². The van der Waals surface area contributed by atoms with Gasteiger partial charge in [-0.05, 0) is 12.8 Å². The highest BCUT2D eigenvalue weighted by Crippen LogP contribution is 2.23. The van der Waals surface area contributed by atoms with Crippen LogP contribution in [0, 0.1) is 0 Å². The van der Waals surface area contributed by atoms with Crippen molar-refractivity contribution in [3.05, 3.63) is 16.1 Å². The lowest BCUT2D eigenvalue weighted by atomic mass is 10.1. The molecular formula is C11H15N3O3S. The van der Waals surface area contributed by atoms with E-state index in [1.807, 2.05) is 0 Å². The average molecular weight is 269 g/mol. The summed E-state index contributed by atoms with van der Waals surface area (Å²) in [5.74, 6) is -1.06. The van der Waals surface area contributed by atoms with E-state index < -0.39 is 5.97 Å². The Balaban J connectivity index is 2.09. The first-order chi connectivity index (χ1) is 8.61. The minimum atomic E-state index is -0.874. The maximum atomic E-state index is 12.2. The van der Waals surface area contributed by atoms with E-state index in [4.69, 9.17) is 10.8 Å². The zero-order valence-electron chi connectivity index (χ0n) is 9.83. The van der Waals surface area contributed by atoms with Gasteiger partial charge in [-0.25, -0.2) is 4.98 Å². The molecule has 6 nitrogen and oxygen atoms in total. The monoisotopic (exact) mass is 269 g/mol. The Labute approximate surface area is 108 Å². The third-order valence-electron chi connectivity index (χ3n) is 2.99. The van der Waals surface area contributed by atoms with Crippen molar-refractivity contribution < 1.29 is 14.7 Å². The van der Waals surface area contributed by atoms with Gasteiger partial charge in [0.1, 0.15) is 10.7 Å². The highest BCUT2D eigenvalue weighted by atomic mass is 32.1. The second-order valence-corrected chi connectivity index (χ2v) is 5.17. The summed E-state index contributed by atoms with van der Waals surface area (Å²) < 4.78 is 0. The van der Waals surface area contributed by atoms with E-state index in [1.165, 1.54) is 11.3 Å². The van der Waals surface area contributed by atoms with Crippen LogP contribution < -0.4 is 5.73 Å². The molecule has 1 aromatic heterocycles. The second kappa shape index (κ2) is 5.45. The van der Waals surface area contributed by atoms with Crippen LogP contribution in [0.15, 0.2) is 5.38 Å². The van der Waals surface area contributed by atoms with Crippen molar-refractivity contribution in [1.82, 2.24) is 9.88 Å². The van der Waals surface area contributed by atoms with E-state index in [-0.39, 0.29) is 18.4 Å². The smallest absolute Gasteiger partial charge is 0.305 e. The quantitative estimate of drug-likeness (QED) is 0.838. The van der Waals surface area contributed by atoms with Gasteiger partial charge in [0.25, 0.3) is 5.91 Å². The Morgan fingerprint density at radius 2 is 2.39 bits per heavy atom. The number of thiazole rings is 1. The molecule has 1 saturated heterocycles. The molecule has 0 aliphatic carbocycles. The molecule has 1 aliphatic rings. The van der Waals surface area contributed by atoms with E-state index in [0.29, 0.717) is 23.8 Å². The van der Waals surface area contributed by atoms with Crippen LogP contribution in [0.5, 0.6) is 0 Å². The summed E-state index contributed by atoms with van der Waals surface area (Å²) in [7, 11) is 0. The number of nitrogens with two attached hydrogens (primary N) is 1. The number of carbonyl (C=O) groups excluding carboxylic acids is 1. The molecule has 1 aromatic rings. The van der Waals surface area contributed by atoms with E-state index in [0.717, 1.165) is 12.8 Å². The Kier molecular flexibility index (Phi) is 3.93. The number of hydrogen-bond acceptors (Lipinski definition) is 5. The van der Waals surface area contributed by atoms with E-state index in [1.54, 1.807) is 10.3 Å². The molecular weight excluding hydrogens is 254 g/mol. The third-order valence-corrected chi connectivity index (χ3v) is 3.86. The summed E-state index contributed by atoms with van der Waals surface area (Å²) in [6.07, 6.45) is 1.59. The van der Waals surface area contributed by atoms with Crippen molar-refractivity contribution in [3.8, 4) is 0 Å². The van der Waals surface area contributed by atoms with Gasteiger partial charge < -0.3 is 15.7 Å². The lowest BCUT2D eigenvalue weighted by Gasteiger charge is -2.22. The van der Waals surface area contributed by atoms with Gasteiger partial charge >= 0.3 is 5.97 Å². The van der Waals surface area contributed by atoms with Crippen molar-refractivity contribution in [3.63, 3.8) is 0 Å². The van der Waals surface area contributed by atoms with Crippen molar-refractivity contribution in [2.24, 2.45) is 5.73 Å². The number of aliphatic carboxylic acids is 1. The Bertz CT molecular complexity index is 460. The Hall–Kier alpha value is -1.47. The average Bonchev–Trinajstić information content (AvgIpc) is 2.95.